The van der Waals surface area contributed by atoms with E-state index in [1.54, 1.807) is 0 Å². The minimum Gasteiger partial charge on any atom is -0.455 e. The summed E-state index contributed by atoms with van der Waals surface area (Å²) in [6, 6.07) is -27.1. The molecule has 0 bridgehead atoms. The van der Waals surface area contributed by atoms with Crippen molar-refractivity contribution in [3.63, 3.8) is 0 Å². The number of thiophene rings is 1. The number of hydrogen-bond acceptors (Lipinski definition) is 3. The smallest absolute Gasteiger partial charge is 0.143 e. The molecule has 0 radical (unpaired) electrons. The van der Waals surface area contributed by atoms with Gasteiger partial charge >= 0.3 is 0 Å². The summed E-state index contributed by atoms with van der Waals surface area (Å²) in [5.74, 6) is 0. The molecule has 10 aromatic rings. The molecule has 0 aliphatic carbocycles. The molecule has 0 aliphatic rings. The number of benzene rings is 8. The van der Waals surface area contributed by atoms with Gasteiger partial charge in [-0.1, -0.05) is 127 Å². The van der Waals surface area contributed by atoms with Gasteiger partial charge in [0.2, 0.25) is 0 Å². The van der Waals surface area contributed by atoms with E-state index in [1.165, 1.54) is 0 Å². The van der Waals surface area contributed by atoms with Crippen molar-refractivity contribution < 1.29 is 44.2 Å². The van der Waals surface area contributed by atoms with Crippen molar-refractivity contribution in [1.82, 2.24) is 0 Å². The Morgan fingerprint density at radius 2 is 1.12 bits per heavy atom. The van der Waals surface area contributed by atoms with Crippen LogP contribution in [0.1, 0.15) is 39.8 Å². The fraction of sp³-hybridized carbons (Fsp3) is 0. The summed E-state index contributed by atoms with van der Waals surface area (Å²) in [7, 11) is 0. The van der Waals surface area contributed by atoms with Gasteiger partial charge in [0.05, 0.1) is 50.8 Å². The number of nitrogens with zero attached hydrogens (tertiary/aromatic N) is 1. The molecule has 8 aromatic carbocycles. The van der Waals surface area contributed by atoms with E-state index in [0.29, 0.717) is 16.2 Å². The number of hydrogen-bond donors (Lipinski definition) is 0. The van der Waals surface area contributed by atoms with E-state index >= 15 is 0 Å². The molecule has 0 saturated carbocycles. The van der Waals surface area contributed by atoms with Gasteiger partial charge in [0.25, 0.3) is 0 Å². The topological polar surface area (TPSA) is 16.4 Å². The van der Waals surface area contributed by atoms with Gasteiger partial charge < -0.3 is 9.32 Å². The normalized spacial score (nSPS) is 20.0. The minimum absolute atomic E-state index is 0.152. The molecule has 49 heavy (non-hydrogen) atoms. The van der Waals surface area contributed by atoms with Crippen molar-refractivity contribution >= 4 is 81.3 Å². The number of furan rings is 1. The van der Waals surface area contributed by atoms with E-state index in [-0.39, 0.29) is 20.2 Å². The van der Waals surface area contributed by atoms with Crippen LogP contribution in [-0.4, -0.2) is 0 Å². The van der Waals surface area contributed by atoms with Crippen LogP contribution >= 0.6 is 11.3 Å². The molecule has 0 aliphatic heterocycles. The summed E-state index contributed by atoms with van der Waals surface area (Å²) in [5, 5.41) is -2.92. The molecule has 2 nitrogen and oxygen atoms in total. The Kier molecular flexibility index (Phi) is 2.63. The first kappa shape index (κ1) is 11.5. The molecule has 2 aromatic heterocycles. The fourth-order valence-corrected chi connectivity index (χ4v) is 6.49. The number of rotatable bonds is 5. The molecule has 0 atom stereocenters. The standard InChI is InChI=1S/C46H29NOS/c1-2-10-30(11-3-1)31-20-25-34(26-21-31)47(41-17-9-18-42-44(41)40-29-24-32-12-4-5-13-36(32)45(40)48-42)35-27-22-33(23-28-35)37-15-8-16-39-38-14-6-7-19-43(38)49-46(37)39/h1-29H/i1D,2D,3D,4D,5D,6D,7D,8D,9D,10D,11D,12D,13D,14D,15D,16D,17D,18D,19D,20D,21D,22D,23D,24D,25D,26D,27D,28D,29D. The zero-order chi connectivity index (χ0) is 57.5. The highest BCUT2D eigenvalue weighted by Gasteiger charge is 2.21. The first-order valence-electron chi connectivity index (χ1n) is 28.7. The van der Waals surface area contributed by atoms with E-state index in [1.807, 2.05) is 0 Å². The van der Waals surface area contributed by atoms with Crippen LogP contribution in [0.15, 0.2) is 180 Å². The van der Waals surface area contributed by atoms with Crippen molar-refractivity contribution in [2.45, 2.75) is 0 Å². The molecule has 10 rings (SSSR count). The van der Waals surface area contributed by atoms with Crippen LogP contribution in [-0.2, 0) is 0 Å². The first-order chi connectivity index (χ1) is 36.4. The maximum Gasteiger partial charge on any atom is 0.143 e. The third-order valence-corrected chi connectivity index (χ3v) is 8.68. The summed E-state index contributed by atoms with van der Waals surface area (Å²) < 4.78 is 266. The van der Waals surface area contributed by atoms with Crippen LogP contribution in [0.4, 0.5) is 17.1 Å². The Labute approximate surface area is 328 Å². The van der Waals surface area contributed by atoms with Crippen molar-refractivity contribution in [3.8, 4) is 22.3 Å². The van der Waals surface area contributed by atoms with Crippen LogP contribution in [0.25, 0.3) is 75.1 Å². The van der Waals surface area contributed by atoms with Crippen LogP contribution < -0.4 is 4.90 Å². The van der Waals surface area contributed by atoms with Crippen LogP contribution in [0, 0.1) is 0 Å². The Hall–Kier alpha value is -6.16. The second kappa shape index (κ2) is 11.2. The fourth-order valence-electron chi connectivity index (χ4n) is 5.42. The van der Waals surface area contributed by atoms with Gasteiger partial charge in [0, 0.05) is 42.3 Å². The van der Waals surface area contributed by atoms with Gasteiger partial charge in [-0.3, -0.25) is 0 Å². The maximum atomic E-state index is 9.76. The summed E-state index contributed by atoms with van der Waals surface area (Å²) in [5.41, 5.74) is -7.53. The summed E-state index contributed by atoms with van der Waals surface area (Å²) in [6.07, 6.45) is 0. The van der Waals surface area contributed by atoms with E-state index in [0.717, 1.165) is 0 Å². The van der Waals surface area contributed by atoms with E-state index in [4.69, 9.17) is 30.5 Å². The predicted molar refractivity (Wildman–Crippen MR) is 210 cm³/mol. The molecule has 2 heterocycles. The minimum atomic E-state index is -1.22. The second-order valence-electron chi connectivity index (χ2n) is 10.3. The number of anilines is 3. The van der Waals surface area contributed by atoms with E-state index in [9.17, 15) is 13.7 Å². The van der Waals surface area contributed by atoms with Crippen molar-refractivity contribution in [3.05, 3.63) is 175 Å². The lowest BCUT2D eigenvalue weighted by molar-refractivity contribution is 0.672. The molecular weight excluding hydrogens is 615 g/mol. The lowest BCUT2D eigenvalue weighted by atomic mass is 10.0. The molecule has 0 unspecified atom stereocenters. The van der Waals surface area contributed by atoms with Crippen molar-refractivity contribution in [2.24, 2.45) is 0 Å². The molecular formula is C46H29NOS. The van der Waals surface area contributed by atoms with Gasteiger partial charge in [0.15, 0.2) is 0 Å². The zero-order valence-electron chi connectivity index (χ0n) is 53.3. The monoisotopic (exact) mass is 672 g/mol. The third-order valence-electron chi connectivity index (χ3n) is 7.56. The second-order valence-corrected chi connectivity index (χ2v) is 11.3. The Bertz CT molecular complexity index is 4420. The van der Waals surface area contributed by atoms with Gasteiger partial charge in [-0.15, -0.1) is 11.3 Å². The largest absolute Gasteiger partial charge is 0.455 e. The molecule has 0 amide bonds. The quantitative estimate of drug-likeness (QED) is 0.181. The Balaban J connectivity index is 1.43. The average molecular weight is 673 g/mol. The van der Waals surface area contributed by atoms with Gasteiger partial charge in [-0.05, 0) is 76.0 Å². The molecule has 0 N–H and O–H groups in total. The highest BCUT2D eigenvalue weighted by molar-refractivity contribution is 7.26. The molecule has 230 valence electrons. The summed E-state index contributed by atoms with van der Waals surface area (Å²) in [6.45, 7) is 0. The Morgan fingerprint density at radius 3 is 1.94 bits per heavy atom. The molecule has 3 heteroatoms. The molecule has 0 saturated heterocycles. The van der Waals surface area contributed by atoms with Crippen LogP contribution in [0.2, 0.25) is 0 Å². The zero-order valence-corrected chi connectivity index (χ0v) is 25.1. The lowest BCUT2D eigenvalue weighted by Crippen LogP contribution is -2.10. The van der Waals surface area contributed by atoms with E-state index in [2.05, 4.69) is 0 Å². The van der Waals surface area contributed by atoms with Gasteiger partial charge in [-0.25, -0.2) is 0 Å². The molecule has 0 spiro atoms. The summed E-state index contributed by atoms with van der Waals surface area (Å²) in [4.78, 5) is 0.450. The maximum absolute atomic E-state index is 9.76. The van der Waals surface area contributed by atoms with E-state index < -0.39 is 247 Å². The predicted octanol–water partition coefficient (Wildman–Crippen LogP) is 13.9. The van der Waals surface area contributed by atoms with Gasteiger partial charge in [0.1, 0.15) is 11.2 Å². The SMILES string of the molecule is [2H]c1c([2H])c([2H])c(-c2c([2H])c([2H])c(N(c3c([2H])c([2H])c(-c4c([2H])c([2H])c([2H])c5c4sc4c([2H])c([2H])c([2H])c([2H])c45)c([2H])c3[2H])c3c([2H])c([2H])c([2H])c4oc5c6c([2H])c([2H])c([2H])c([2H])c6c([2H])c([2H])c5c34)c([2H])c2[2H])c([2H])c1[2H]. The highest BCUT2D eigenvalue weighted by Crippen LogP contribution is 2.45. The lowest BCUT2D eigenvalue weighted by Gasteiger charge is -2.26. The van der Waals surface area contributed by atoms with Crippen LogP contribution in [0.3, 0.4) is 0 Å². The van der Waals surface area contributed by atoms with Gasteiger partial charge in [-0.2, -0.15) is 0 Å². The Morgan fingerprint density at radius 1 is 0.469 bits per heavy atom. The first-order valence-corrected chi connectivity index (χ1v) is 15.1. The summed E-state index contributed by atoms with van der Waals surface area (Å²) >= 11 is 0.603. The molecule has 0 fully saturated rings. The highest BCUT2D eigenvalue weighted by atomic mass is 32.1. The van der Waals surface area contributed by atoms with Crippen molar-refractivity contribution in [2.75, 3.05) is 4.90 Å². The van der Waals surface area contributed by atoms with Crippen molar-refractivity contribution in [1.29, 1.82) is 0 Å². The third kappa shape index (κ3) is 4.55. The van der Waals surface area contributed by atoms with Crippen LogP contribution in [0.5, 0.6) is 0 Å². The number of fused-ring (bicyclic) bond motifs is 8. The average Bonchev–Trinajstić information content (AvgIpc) is 4.22.